The molecule has 7 nitrogen and oxygen atoms in total. The molecule has 0 saturated heterocycles. The maximum atomic E-state index is 12.3. The van der Waals surface area contributed by atoms with Gasteiger partial charge in [-0.3, -0.25) is 9.78 Å². The molecule has 0 amide bonds. The van der Waals surface area contributed by atoms with E-state index in [2.05, 4.69) is 15.3 Å². The third-order valence-corrected chi connectivity index (χ3v) is 6.90. The van der Waals surface area contributed by atoms with E-state index in [9.17, 15) is 14.7 Å². The van der Waals surface area contributed by atoms with Crippen LogP contribution >= 0.6 is 0 Å². The van der Waals surface area contributed by atoms with Gasteiger partial charge in [-0.15, -0.1) is 0 Å². The molecule has 1 atom stereocenters. The van der Waals surface area contributed by atoms with E-state index < -0.39 is 17.4 Å². The number of hydrogen-bond acceptors (Lipinski definition) is 6. The first-order chi connectivity index (χ1) is 16.4. The van der Waals surface area contributed by atoms with Crippen molar-refractivity contribution in [3.8, 4) is 11.6 Å². The van der Waals surface area contributed by atoms with Gasteiger partial charge in [0.2, 0.25) is 5.88 Å². The van der Waals surface area contributed by atoms with E-state index >= 15 is 0 Å². The maximum absolute atomic E-state index is 12.3. The lowest BCUT2D eigenvalue weighted by Gasteiger charge is -2.44. The van der Waals surface area contributed by atoms with Crippen molar-refractivity contribution in [2.24, 2.45) is 5.41 Å². The van der Waals surface area contributed by atoms with Gasteiger partial charge in [0.15, 0.2) is 5.78 Å². The van der Waals surface area contributed by atoms with Crippen molar-refractivity contribution in [1.29, 1.82) is 0 Å². The first-order valence-corrected chi connectivity index (χ1v) is 11.7. The number of aliphatic carboxylic acids is 1. The van der Waals surface area contributed by atoms with E-state index in [1.165, 1.54) is 0 Å². The summed E-state index contributed by atoms with van der Waals surface area (Å²) >= 11 is 0. The minimum atomic E-state index is -0.936. The van der Waals surface area contributed by atoms with Crippen LogP contribution in [0, 0.1) is 12.3 Å². The van der Waals surface area contributed by atoms with Crippen LogP contribution in [0.1, 0.15) is 43.4 Å². The average Bonchev–Trinajstić information content (AvgIpc) is 2.84. The molecule has 1 spiro atoms. The number of carbonyl (C=O) groups excluding carboxylic acids is 1. The average molecular weight is 458 g/mol. The van der Waals surface area contributed by atoms with Gasteiger partial charge in [0.1, 0.15) is 11.8 Å². The number of fused-ring (bicyclic) bond motifs is 1. The third-order valence-electron chi connectivity index (χ3n) is 6.90. The summed E-state index contributed by atoms with van der Waals surface area (Å²) in [4.78, 5) is 33.0. The molecule has 5 rings (SSSR count). The number of hydrogen-bond donors (Lipinski definition) is 2. The molecular formula is C27H27N3O4. The van der Waals surface area contributed by atoms with E-state index in [0.29, 0.717) is 18.1 Å². The van der Waals surface area contributed by atoms with Crippen molar-refractivity contribution >= 4 is 22.5 Å². The van der Waals surface area contributed by atoms with Gasteiger partial charge in [-0.1, -0.05) is 31.4 Å². The normalized spacial score (nSPS) is 17.7. The Kier molecular flexibility index (Phi) is 5.77. The number of ketones is 1. The summed E-state index contributed by atoms with van der Waals surface area (Å²) < 4.78 is 6.03. The van der Waals surface area contributed by atoms with Gasteiger partial charge in [-0.25, -0.2) is 9.78 Å². The lowest BCUT2D eigenvalue weighted by molar-refractivity contribution is -0.140. The zero-order valence-corrected chi connectivity index (χ0v) is 19.1. The van der Waals surface area contributed by atoms with Crippen LogP contribution in [0.5, 0.6) is 11.6 Å². The number of ether oxygens (including phenoxy) is 1. The fraction of sp³-hybridized carbons (Fsp3) is 0.333. The maximum Gasteiger partial charge on any atom is 0.326 e. The van der Waals surface area contributed by atoms with Gasteiger partial charge in [0, 0.05) is 36.3 Å². The largest absolute Gasteiger partial charge is 0.480 e. The van der Waals surface area contributed by atoms with Crippen molar-refractivity contribution < 1.29 is 19.4 Å². The highest BCUT2D eigenvalue weighted by atomic mass is 16.5. The number of rotatable bonds is 7. The van der Waals surface area contributed by atoms with E-state index in [4.69, 9.17) is 4.74 Å². The Labute approximate surface area is 197 Å². The van der Waals surface area contributed by atoms with E-state index in [-0.39, 0.29) is 5.78 Å². The molecule has 0 radical (unpaired) electrons. The van der Waals surface area contributed by atoms with Gasteiger partial charge in [-0.2, -0.15) is 0 Å². The molecule has 1 fully saturated rings. The highest BCUT2D eigenvalue weighted by molar-refractivity contribution is 6.05. The Morgan fingerprint density at radius 3 is 2.65 bits per heavy atom. The number of nitrogens with one attached hydrogen (secondary N) is 1. The number of carboxylic acids is 1. The van der Waals surface area contributed by atoms with Crippen LogP contribution in [0.4, 0.5) is 0 Å². The lowest BCUT2D eigenvalue weighted by Crippen LogP contribution is -2.51. The van der Waals surface area contributed by atoms with Gasteiger partial charge in [0.25, 0.3) is 0 Å². The summed E-state index contributed by atoms with van der Waals surface area (Å²) in [5.74, 6) is 0.294. The minimum Gasteiger partial charge on any atom is -0.480 e. The van der Waals surface area contributed by atoms with Crippen molar-refractivity contribution in [2.75, 3.05) is 0 Å². The highest BCUT2D eigenvalue weighted by Gasteiger charge is 2.49. The van der Waals surface area contributed by atoms with Crippen LogP contribution in [0.25, 0.3) is 10.8 Å². The van der Waals surface area contributed by atoms with Crippen LogP contribution in [-0.2, 0) is 16.0 Å². The fourth-order valence-electron chi connectivity index (χ4n) is 5.01. The first kappa shape index (κ1) is 22.1. The predicted octanol–water partition coefficient (Wildman–Crippen LogP) is 4.73. The van der Waals surface area contributed by atoms with Crippen molar-refractivity contribution in [2.45, 2.75) is 51.5 Å². The van der Waals surface area contributed by atoms with E-state index in [1.54, 1.807) is 18.5 Å². The summed E-state index contributed by atoms with van der Waals surface area (Å²) in [7, 11) is 0. The van der Waals surface area contributed by atoms with Gasteiger partial charge in [-0.05, 0) is 55.0 Å². The summed E-state index contributed by atoms with van der Waals surface area (Å²) in [5.41, 5.74) is 2.01. The van der Waals surface area contributed by atoms with Gasteiger partial charge < -0.3 is 15.2 Å². The van der Waals surface area contributed by atoms with Gasteiger partial charge >= 0.3 is 5.97 Å². The van der Waals surface area contributed by atoms with Gasteiger partial charge in [0.05, 0.1) is 10.8 Å². The van der Waals surface area contributed by atoms with Crippen LogP contribution < -0.4 is 10.1 Å². The SMILES string of the molecule is Cc1cc2ccncc2c(Oc2ccc(C[C@H](NC3=CC(=O)C34CCCCC4)C(=O)O)cc2)n1. The molecule has 1 saturated carbocycles. The molecule has 7 heteroatoms. The zero-order chi connectivity index (χ0) is 23.7. The molecule has 0 unspecified atom stereocenters. The van der Waals surface area contributed by atoms with Crippen molar-refractivity contribution in [3.63, 3.8) is 0 Å². The molecule has 34 heavy (non-hydrogen) atoms. The summed E-state index contributed by atoms with van der Waals surface area (Å²) in [6, 6.07) is 10.4. The smallest absolute Gasteiger partial charge is 0.326 e. The highest BCUT2D eigenvalue weighted by Crippen LogP contribution is 2.48. The van der Waals surface area contributed by atoms with Crippen LogP contribution in [0.15, 0.2) is 60.6 Å². The molecule has 2 N–H and O–H groups in total. The Morgan fingerprint density at radius 1 is 1.18 bits per heavy atom. The topological polar surface area (TPSA) is 101 Å². The second kappa shape index (κ2) is 8.89. The zero-order valence-electron chi connectivity index (χ0n) is 19.1. The number of pyridine rings is 2. The number of aryl methyl sites for hydroxylation is 1. The molecule has 2 aliphatic rings. The quantitative estimate of drug-likeness (QED) is 0.529. The predicted molar refractivity (Wildman–Crippen MR) is 128 cm³/mol. The van der Waals surface area contributed by atoms with E-state index in [0.717, 1.165) is 59.8 Å². The first-order valence-electron chi connectivity index (χ1n) is 11.7. The Bertz CT molecular complexity index is 1280. The molecule has 174 valence electrons. The molecule has 0 bridgehead atoms. The number of nitrogens with zero attached hydrogens (tertiary/aromatic N) is 2. The number of aromatic nitrogens is 2. The molecule has 0 aliphatic heterocycles. The molecule has 2 aromatic heterocycles. The second-order valence-electron chi connectivity index (χ2n) is 9.22. The molecule has 3 aromatic rings. The molecule has 2 heterocycles. The van der Waals surface area contributed by atoms with E-state index in [1.807, 2.05) is 43.3 Å². The number of carbonyl (C=O) groups is 2. The third kappa shape index (κ3) is 4.14. The molecule has 1 aromatic carbocycles. The lowest BCUT2D eigenvalue weighted by atomic mass is 9.62. The molecular weight excluding hydrogens is 430 g/mol. The fourth-order valence-corrected chi connectivity index (χ4v) is 5.01. The van der Waals surface area contributed by atoms with Crippen LogP contribution in [0.3, 0.4) is 0 Å². The Hall–Kier alpha value is -3.74. The Morgan fingerprint density at radius 2 is 1.94 bits per heavy atom. The minimum absolute atomic E-state index is 0.132. The standard InChI is InChI=1S/C27H27N3O4/c1-17-13-19-9-12-28-16-21(19)25(29-17)34-20-7-5-18(6-8-20)14-22(26(32)33)30-23-15-24(31)27(23)10-3-2-4-11-27/h5-9,12-13,15-16,22,30H,2-4,10-11,14H2,1H3,(H,32,33)/t22-/m0/s1. The monoisotopic (exact) mass is 457 g/mol. The van der Waals surface area contributed by atoms with Crippen molar-refractivity contribution in [3.05, 3.63) is 71.8 Å². The number of carboxylic acid groups (broad SMARTS) is 1. The van der Waals surface area contributed by atoms with Crippen LogP contribution in [0.2, 0.25) is 0 Å². The summed E-state index contributed by atoms with van der Waals surface area (Å²) in [6.45, 7) is 1.91. The second-order valence-corrected chi connectivity index (χ2v) is 9.22. The number of benzene rings is 1. The van der Waals surface area contributed by atoms with Crippen molar-refractivity contribution in [1.82, 2.24) is 15.3 Å². The summed E-state index contributed by atoms with van der Waals surface area (Å²) in [6.07, 6.45) is 10.1. The molecule has 2 aliphatic carbocycles. The Balaban J connectivity index is 1.29. The van der Waals surface area contributed by atoms with Crippen LogP contribution in [-0.4, -0.2) is 32.9 Å². The number of allylic oxidation sites excluding steroid dienone is 2. The summed E-state index contributed by atoms with van der Waals surface area (Å²) in [5, 5.41) is 14.8.